The normalized spacial score (nSPS) is 13.2. The third-order valence-corrected chi connectivity index (χ3v) is 4.28. The molecule has 8 nitrogen and oxygen atoms in total. The molecular weight excluding hydrogens is 340 g/mol. The summed E-state index contributed by atoms with van der Waals surface area (Å²) < 4.78 is 0. The van der Waals surface area contributed by atoms with Gasteiger partial charge >= 0.3 is 0 Å². The molecule has 4 N–H and O–H groups in total. The molecule has 0 saturated carbocycles. The maximum Gasteiger partial charge on any atom is 0.154 e. The maximum absolute atomic E-state index is 11.2. The fraction of sp³-hybridized carbons (Fsp3) is 0.333. The van der Waals surface area contributed by atoms with Gasteiger partial charge in [0.2, 0.25) is 0 Å². The Balaban J connectivity index is 2.19. The molecule has 0 spiro atoms. The Labute approximate surface area is 149 Å². The molecule has 0 aliphatic heterocycles. The molecule has 2 atom stereocenters. The van der Waals surface area contributed by atoms with Crippen LogP contribution in [0.4, 0.5) is 0 Å². The standard InChI is InChI=1S/C18H20N2O6/c1-9-17(25)13(7-21)11(5-19-9)15(23)3-4-16(24)12-6-20-10(2)18(26)14(12)8-22/h5-8,15-16,23-26H,3-4H2,1-2H3. The average molecular weight is 360 g/mol. The summed E-state index contributed by atoms with van der Waals surface area (Å²) in [6, 6.07) is 0. The monoisotopic (exact) mass is 360 g/mol. The molecule has 0 radical (unpaired) electrons. The van der Waals surface area contributed by atoms with Gasteiger partial charge < -0.3 is 20.4 Å². The second-order valence-corrected chi connectivity index (χ2v) is 5.97. The molecule has 2 unspecified atom stereocenters. The van der Waals surface area contributed by atoms with E-state index < -0.39 is 12.2 Å². The van der Waals surface area contributed by atoms with Crippen LogP contribution in [0.1, 0.15) is 68.3 Å². The summed E-state index contributed by atoms with van der Waals surface area (Å²) in [4.78, 5) is 30.2. The van der Waals surface area contributed by atoms with E-state index in [2.05, 4.69) is 9.97 Å². The molecule has 8 heteroatoms. The van der Waals surface area contributed by atoms with Gasteiger partial charge in [-0.3, -0.25) is 19.6 Å². The molecule has 2 heterocycles. The SMILES string of the molecule is Cc1ncc(C(O)CCC(O)c2cnc(C)c(O)c2C=O)c(C=O)c1O. The zero-order valence-corrected chi connectivity index (χ0v) is 14.4. The Morgan fingerprint density at radius 3 is 1.50 bits per heavy atom. The second-order valence-electron chi connectivity index (χ2n) is 5.97. The van der Waals surface area contributed by atoms with Crippen LogP contribution in [0.3, 0.4) is 0 Å². The highest BCUT2D eigenvalue weighted by molar-refractivity contribution is 5.82. The van der Waals surface area contributed by atoms with Crippen molar-refractivity contribution >= 4 is 12.6 Å². The van der Waals surface area contributed by atoms with Crippen molar-refractivity contribution in [1.82, 2.24) is 9.97 Å². The van der Waals surface area contributed by atoms with Gasteiger partial charge in [0.05, 0.1) is 34.7 Å². The number of pyridine rings is 2. The molecule has 0 aliphatic carbocycles. The van der Waals surface area contributed by atoms with E-state index in [1.54, 1.807) is 0 Å². The molecule has 2 rings (SSSR count). The highest BCUT2D eigenvalue weighted by Gasteiger charge is 2.22. The molecule has 26 heavy (non-hydrogen) atoms. The van der Waals surface area contributed by atoms with Crippen LogP contribution < -0.4 is 0 Å². The summed E-state index contributed by atoms with van der Waals surface area (Å²) in [6.07, 6.45) is 1.21. The largest absolute Gasteiger partial charge is 0.505 e. The lowest BCUT2D eigenvalue weighted by Crippen LogP contribution is -2.09. The number of aryl methyl sites for hydroxylation is 2. The van der Waals surface area contributed by atoms with E-state index in [-0.39, 0.29) is 58.0 Å². The van der Waals surface area contributed by atoms with Gasteiger partial charge in [0.25, 0.3) is 0 Å². The molecule has 2 aromatic rings. The average Bonchev–Trinajstić information content (AvgIpc) is 2.63. The van der Waals surface area contributed by atoms with Gasteiger partial charge in [0.1, 0.15) is 11.5 Å². The lowest BCUT2D eigenvalue weighted by atomic mass is 9.95. The van der Waals surface area contributed by atoms with Crippen LogP contribution in [0.2, 0.25) is 0 Å². The van der Waals surface area contributed by atoms with Crippen molar-refractivity contribution in [3.8, 4) is 11.5 Å². The van der Waals surface area contributed by atoms with Crippen molar-refractivity contribution in [1.29, 1.82) is 0 Å². The van der Waals surface area contributed by atoms with Crippen molar-refractivity contribution < 1.29 is 30.0 Å². The van der Waals surface area contributed by atoms with Crippen LogP contribution in [0.5, 0.6) is 11.5 Å². The van der Waals surface area contributed by atoms with Crippen molar-refractivity contribution in [2.45, 2.75) is 38.9 Å². The van der Waals surface area contributed by atoms with Gasteiger partial charge in [-0.25, -0.2) is 0 Å². The van der Waals surface area contributed by atoms with Gasteiger partial charge in [-0.05, 0) is 26.7 Å². The minimum Gasteiger partial charge on any atom is -0.505 e. The predicted molar refractivity (Wildman–Crippen MR) is 91.2 cm³/mol. The van der Waals surface area contributed by atoms with Crippen molar-refractivity contribution in [3.63, 3.8) is 0 Å². The van der Waals surface area contributed by atoms with E-state index in [1.165, 1.54) is 26.2 Å². The smallest absolute Gasteiger partial charge is 0.154 e. The zero-order chi connectivity index (χ0) is 19.4. The first kappa shape index (κ1) is 19.5. The summed E-state index contributed by atoms with van der Waals surface area (Å²) in [7, 11) is 0. The number of hydrogen-bond acceptors (Lipinski definition) is 8. The fourth-order valence-corrected chi connectivity index (χ4v) is 2.66. The number of aliphatic hydroxyl groups excluding tert-OH is 2. The number of carbonyl (C=O) groups excluding carboxylic acids is 2. The Kier molecular flexibility index (Phi) is 6.01. The lowest BCUT2D eigenvalue weighted by Gasteiger charge is -2.18. The van der Waals surface area contributed by atoms with Crippen LogP contribution in [0.25, 0.3) is 0 Å². The van der Waals surface area contributed by atoms with Crippen molar-refractivity contribution in [2.24, 2.45) is 0 Å². The van der Waals surface area contributed by atoms with Crippen LogP contribution in [-0.4, -0.2) is 43.0 Å². The van der Waals surface area contributed by atoms with Gasteiger partial charge in [-0.2, -0.15) is 0 Å². The van der Waals surface area contributed by atoms with E-state index in [1.807, 2.05) is 0 Å². The number of aromatic hydroxyl groups is 2. The number of hydrogen-bond donors (Lipinski definition) is 4. The number of aliphatic hydroxyl groups is 2. The summed E-state index contributed by atoms with van der Waals surface area (Å²) >= 11 is 0. The van der Waals surface area contributed by atoms with Gasteiger partial charge in [0.15, 0.2) is 12.6 Å². The first-order valence-electron chi connectivity index (χ1n) is 7.95. The van der Waals surface area contributed by atoms with E-state index in [9.17, 15) is 30.0 Å². The number of carbonyl (C=O) groups is 2. The highest BCUT2D eigenvalue weighted by Crippen LogP contribution is 2.32. The van der Waals surface area contributed by atoms with E-state index in [4.69, 9.17) is 0 Å². The first-order chi connectivity index (χ1) is 12.3. The summed E-state index contributed by atoms with van der Waals surface area (Å²) in [6.45, 7) is 3.06. The Morgan fingerprint density at radius 1 is 0.846 bits per heavy atom. The zero-order valence-electron chi connectivity index (χ0n) is 14.4. The van der Waals surface area contributed by atoms with Gasteiger partial charge in [0, 0.05) is 23.5 Å². The van der Waals surface area contributed by atoms with Gasteiger partial charge in [-0.1, -0.05) is 0 Å². The summed E-state index contributed by atoms with van der Waals surface area (Å²) in [5.41, 5.74) is 0.719. The van der Waals surface area contributed by atoms with Gasteiger partial charge in [-0.15, -0.1) is 0 Å². The Bertz CT molecular complexity index is 767. The molecule has 2 aromatic heterocycles. The topological polar surface area (TPSA) is 141 Å². The minimum absolute atomic E-state index is 0.0269. The molecule has 0 saturated heterocycles. The number of aldehydes is 2. The van der Waals surface area contributed by atoms with Crippen LogP contribution >= 0.6 is 0 Å². The molecule has 0 aromatic carbocycles. The van der Waals surface area contributed by atoms with Crippen molar-refractivity contribution in [2.75, 3.05) is 0 Å². The third kappa shape index (κ3) is 3.71. The fourth-order valence-electron chi connectivity index (χ4n) is 2.66. The molecule has 0 fully saturated rings. The van der Waals surface area contributed by atoms with Crippen LogP contribution in [-0.2, 0) is 0 Å². The summed E-state index contributed by atoms with van der Waals surface area (Å²) in [5, 5.41) is 40.4. The predicted octanol–water partition coefficient (Wildman–Crippen LogP) is 1.68. The maximum atomic E-state index is 11.2. The van der Waals surface area contributed by atoms with Crippen LogP contribution in [0.15, 0.2) is 12.4 Å². The number of nitrogens with zero attached hydrogens (tertiary/aromatic N) is 2. The molecule has 0 aliphatic rings. The second kappa shape index (κ2) is 8.03. The highest BCUT2D eigenvalue weighted by atomic mass is 16.3. The summed E-state index contributed by atoms with van der Waals surface area (Å²) in [5.74, 6) is -0.596. The van der Waals surface area contributed by atoms with Crippen molar-refractivity contribution in [3.05, 3.63) is 46.0 Å². The molecular formula is C18H20N2O6. The van der Waals surface area contributed by atoms with E-state index >= 15 is 0 Å². The lowest BCUT2D eigenvalue weighted by molar-refractivity contribution is 0.105. The van der Waals surface area contributed by atoms with E-state index in [0.29, 0.717) is 12.6 Å². The first-order valence-corrected chi connectivity index (χ1v) is 7.95. The molecule has 0 bridgehead atoms. The minimum atomic E-state index is -1.16. The van der Waals surface area contributed by atoms with Crippen LogP contribution in [0, 0.1) is 13.8 Å². The Hall–Kier alpha value is -2.84. The van der Waals surface area contributed by atoms with E-state index in [0.717, 1.165) is 0 Å². The Morgan fingerprint density at radius 2 is 1.19 bits per heavy atom. The molecule has 138 valence electrons. The quantitative estimate of drug-likeness (QED) is 0.547. The third-order valence-electron chi connectivity index (χ3n) is 4.28. The number of rotatable bonds is 7. The number of aromatic nitrogens is 2. The molecule has 0 amide bonds.